The Morgan fingerprint density at radius 3 is 2.89 bits per heavy atom. The maximum absolute atomic E-state index is 11.8. The zero-order valence-electron chi connectivity index (χ0n) is 10.3. The molecule has 1 unspecified atom stereocenters. The summed E-state index contributed by atoms with van der Waals surface area (Å²) in [6.45, 7) is 1.90. The van der Waals surface area contributed by atoms with E-state index in [4.69, 9.17) is 4.42 Å². The van der Waals surface area contributed by atoms with E-state index in [-0.39, 0.29) is 17.9 Å². The summed E-state index contributed by atoms with van der Waals surface area (Å²) in [5.41, 5.74) is 1.59. The molecule has 1 fully saturated rings. The Morgan fingerprint density at radius 2 is 2.22 bits per heavy atom. The Balaban J connectivity index is 1.74. The van der Waals surface area contributed by atoms with E-state index in [1.807, 2.05) is 31.2 Å². The standard InChI is InChI=1S/C14H16N2O2/c1-9(15-13(17)10-5-4-6-10)14-16-11-7-2-3-8-12(11)18-14/h2-3,7-10H,4-6H2,1H3,(H,15,17). The molecule has 4 nitrogen and oxygen atoms in total. The van der Waals surface area contributed by atoms with E-state index >= 15 is 0 Å². The number of fused-ring (bicyclic) bond motifs is 1. The third kappa shape index (κ3) is 1.98. The minimum atomic E-state index is -0.175. The Bertz CT molecular complexity index is 539. The largest absolute Gasteiger partial charge is 0.438 e. The highest BCUT2D eigenvalue weighted by atomic mass is 16.3. The molecule has 1 aliphatic rings. The van der Waals surface area contributed by atoms with E-state index in [0.717, 1.165) is 30.4 Å². The molecule has 1 aromatic heterocycles. The number of carbonyl (C=O) groups is 1. The van der Waals surface area contributed by atoms with Crippen LogP contribution in [0.5, 0.6) is 0 Å². The molecule has 0 spiro atoms. The normalized spacial score (nSPS) is 17.4. The van der Waals surface area contributed by atoms with Gasteiger partial charge in [-0.3, -0.25) is 4.79 Å². The van der Waals surface area contributed by atoms with Crippen LogP contribution in [-0.4, -0.2) is 10.9 Å². The summed E-state index contributed by atoms with van der Waals surface area (Å²) in [5, 5.41) is 2.96. The molecule has 4 heteroatoms. The molecule has 0 radical (unpaired) electrons. The highest BCUT2D eigenvalue weighted by molar-refractivity contribution is 5.79. The number of carbonyl (C=O) groups excluding carboxylic acids is 1. The second-order valence-electron chi connectivity index (χ2n) is 4.88. The lowest BCUT2D eigenvalue weighted by Gasteiger charge is -2.25. The summed E-state index contributed by atoms with van der Waals surface area (Å²) in [7, 11) is 0. The molecule has 1 aromatic carbocycles. The highest BCUT2D eigenvalue weighted by Gasteiger charge is 2.27. The summed E-state index contributed by atoms with van der Waals surface area (Å²) in [6.07, 6.45) is 3.17. The molecular formula is C14H16N2O2. The van der Waals surface area contributed by atoms with Gasteiger partial charge in [-0.2, -0.15) is 0 Å². The van der Waals surface area contributed by atoms with Gasteiger partial charge in [0.2, 0.25) is 11.8 Å². The fourth-order valence-corrected chi connectivity index (χ4v) is 2.14. The average Bonchev–Trinajstić information content (AvgIpc) is 2.69. The van der Waals surface area contributed by atoms with Gasteiger partial charge in [-0.25, -0.2) is 4.98 Å². The van der Waals surface area contributed by atoms with E-state index in [9.17, 15) is 4.79 Å². The molecule has 1 heterocycles. The summed E-state index contributed by atoms with van der Waals surface area (Å²) >= 11 is 0. The van der Waals surface area contributed by atoms with Crippen molar-refractivity contribution in [3.63, 3.8) is 0 Å². The highest BCUT2D eigenvalue weighted by Crippen LogP contribution is 2.27. The SMILES string of the molecule is CC(NC(=O)C1CCC1)c1nc2ccccc2o1. The first-order valence-electron chi connectivity index (χ1n) is 6.40. The summed E-state index contributed by atoms with van der Waals surface area (Å²) in [5.74, 6) is 0.886. The van der Waals surface area contributed by atoms with Gasteiger partial charge in [0, 0.05) is 5.92 Å². The first kappa shape index (κ1) is 11.3. The van der Waals surface area contributed by atoms with Crippen molar-refractivity contribution < 1.29 is 9.21 Å². The van der Waals surface area contributed by atoms with Crippen molar-refractivity contribution in [3.8, 4) is 0 Å². The van der Waals surface area contributed by atoms with Gasteiger partial charge >= 0.3 is 0 Å². The number of nitrogens with one attached hydrogen (secondary N) is 1. The van der Waals surface area contributed by atoms with Crippen LogP contribution >= 0.6 is 0 Å². The van der Waals surface area contributed by atoms with Crippen LogP contribution in [0.4, 0.5) is 0 Å². The molecule has 1 atom stereocenters. The zero-order valence-corrected chi connectivity index (χ0v) is 10.3. The van der Waals surface area contributed by atoms with Gasteiger partial charge in [-0.05, 0) is 31.9 Å². The van der Waals surface area contributed by atoms with Gasteiger partial charge in [0.1, 0.15) is 11.6 Å². The lowest BCUT2D eigenvalue weighted by Crippen LogP contribution is -2.36. The monoisotopic (exact) mass is 244 g/mol. The Kier molecular flexibility index (Phi) is 2.78. The Morgan fingerprint density at radius 1 is 1.44 bits per heavy atom. The minimum absolute atomic E-state index is 0.121. The van der Waals surface area contributed by atoms with Gasteiger partial charge in [0.25, 0.3) is 0 Å². The summed E-state index contributed by atoms with van der Waals surface area (Å²) < 4.78 is 5.64. The van der Waals surface area contributed by atoms with Crippen LogP contribution < -0.4 is 5.32 Å². The lowest BCUT2D eigenvalue weighted by molar-refractivity contribution is -0.128. The fourth-order valence-electron chi connectivity index (χ4n) is 2.14. The third-order valence-electron chi connectivity index (χ3n) is 3.52. The van der Waals surface area contributed by atoms with Crippen LogP contribution in [0.15, 0.2) is 28.7 Å². The first-order valence-corrected chi connectivity index (χ1v) is 6.40. The predicted octanol–water partition coefficient (Wildman–Crippen LogP) is 2.81. The molecule has 3 rings (SSSR count). The smallest absolute Gasteiger partial charge is 0.223 e. The second kappa shape index (κ2) is 4.44. The van der Waals surface area contributed by atoms with Gasteiger partial charge in [-0.1, -0.05) is 18.6 Å². The zero-order chi connectivity index (χ0) is 12.5. The number of amides is 1. The van der Waals surface area contributed by atoms with Gasteiger partial charge in [0.15, 0.2) is 5.58 Å². The van der Waals surface area contributed by atoms with Crippen LogP contribution in [0.3, 0.4) is 0 Å². The van der Waals surface area contributed by atoms with Gasteiger partial charge in [-0.15, -0.1) is 0 Å². The molecule has 18 heavy (non-hydrogen) atoms. The second-order valence-corrected chi connectivity index (χ2v) is 4.88. The quantitative estimate of drug-likeness (QED) is 0.903. The maximum atomic E-state index is 11.8. The predicted molar refractivity (Wildman–Crippen MR) is 67.9 cm³/mol. The van der Waals surface area contributed by atoms with E-state index < -0.39 is 0 Å². The number of aromatic nitrogens is 1. The number of oxazole rings is 1. The van der Waals surface area contributed by atoms with Crippen LogP contribution in [0.25, 0.3) is 11.1 Å². The van der Waals surface area contributed by atoms with Crippen molar-refractivity contribution in [3.05, 3.63) is 30.2 Å². The number of benzene rings is 1. The number of para-hydroxylation sites is 2. The molecular weight excluding hydrogens is 228 g/mol. The van der Waals surface area contributed by atoms with E-state index in [2.05, 4.69) is 10.3 Å². The maximum Gasteiger partial charge on any atom is 0.223 e. The number of nitrogens with zero attached hydrogens (tertiary/aromatic N) is 1. The molecule has 0 bridgehead atoms. The lowest BCUT2D eigenvalue weighted by atomic mass is 9.84. The van der Waals surface area contributed by atoms with Crippen molar-refractivity contribution in [2.45, 2.75) is 32.2 Å². The Labute approximate surface area is 105 Å². The average molecular weight is 244 g/mol. The number of hydrogen-bond acceptors (Lipinski definition) is 3. The molecule has 0 saturated heterocycles. The van der Waals surface area contributed by atoms with Crippen LogP contribution in [0.2, 0.25) is 0 Å². The molecule has 1 N–H and O–H groups in total. The van der Waals surface area contributed by atoms with Crippen molar-refractivity contribution in [1.29, 1.82) is 0 Å². The van der Waals surface area contributed by atoms with Crippen molar-refractivity contribution >= 4 is 17.0 Å². The van der Waals surface area contributed by atoms with E-state index in [1.54, 1.807) is 0 Å². The fraction of sp³-hybridized carbons (Fsp3) is 0.429. The van der Waals surface area contributed by atoms with Gasteiger partial charge < -0.3 is 9.73 Å². The van der Waals surface area contributed by atoms with E-state index in [1.165, 1.54) is 0 Å². The van der Waals surface area contributed by atoms with Crippen LogP contribution in [0.1, 0.15) is 38.1 Å². The third-order valence-corrected chi connectivity index (χ3v) is 3.52. The minimum Gasteiger partial charge on any atom is -0.438 e. The molecule has 2 aromatic rings. The van der Waals surface area contributed by atoms with Gasteiger partial charge in [0.05, 0.1) is 0 Å². The molecule has 94 valence electrons. The van der Waals surface area contributed by atoms with Crippen molar-refractivity contribution in [1.82, 2.24) is 10.3 Å². The first-order chi connectivity index (χ1) is 8.74. The molecule has 1 amide bonds. The number of hydrogen-bond donors (Lipinski definition) is 1. The van der Waals surface area contributed by atoms with Crippen molar-refractivity contribution in [2.75, 3.05) is 0 Å². The molecule has 1 aliphatic carbocycles. The summed E-state index contributed by atoms with van der Waals surface area (Å²) in [4.78, 5) is 16.2. The molecule has 0 aliphatic heterocycles. The van der Waals surface area contributed by atoms with E-state index in [0.29, 0.717) is 5.89 Å². The molecule has 1 saturated carbocycles. The topological polar surface area (TPSA) is 55.1 Å². The van der Waals surface area contributed by atoms with Crippen LogP contribution in [-0.2, 0) is 4.79 Å². The van der Waals surface area contributed by atoms with Crippen molar-refractivity contribution in [2.24, 2.45) is 5.92 Å². The Hall–Kier alpha value is -1.84. The summed E-state index contributed by atoms with van der Waals surface area (Å²) in [6, 6.07) is 7.45. The van der Waals surface area contributed by atoms with Crippen LogP contribution in [0, 0.1) is 5.92 Å². The number of rotatable bonds is 3.